The number of carbonyl (C=O) groups is 2. The van der Waals surface area contributed by atoms with Crippen LogP contribution in [-0.2, 0) is 0 Å². The summed E-state index contributed by atoms with van der Waals surface area (Å²) in [5.74, 6) is -0.528. The fourth-order valence-corrected chi connectivity index (χ4v) is 3.41. The van der Waals surface area contributed by atoms with Crippen molar-refractivity contribution in [3.05, 3.63) is 83.0 Å². The molecule has 5 aromatic rings. The van der Waals surface area contributed by atoms with E-state index in [1.54, 1.807) is 60.7 Å². The van der Waals surface area contributed by atoms with E-state index in [2.05, 4.69) is 36.4 Å². The van der Waals surface area contributed by atoms with Gasteiger partial charge in [-0.3, -0.25) is 9.59 Å². The summed E-state index contributed by atoms with van der Waals surface area (Å²) in [5, 5.41) is 24.2. The Bertz CT molecular complexity index is 1470. The molecule has 0 saturated heterocycles. The Labute approximate surface area is 190 Å². The second kappa shape index (κ2) is 8.52. The first-order valence-corrected chi connectivity index (χ1v) is 10.1. The maximum atomic E-state index is 13.0. The SMILES string of the molecule is O=C(Nc1ccc2onc(C(=O)Nc3ccc(Cl)cc3-c3nn[nH]n3)c2c1)c1ccccc1. The summed E-state index contributed by atoms with van der Waals surface area (Å²) >= 11 is 6.09. The van der Waals surface area contributed by atoms with Gasteiger partial charge >= 0.3 is 0 Å². The number of H-pyrrole nitrogens is 1. The van der Waals surface area contributed by atoms with E-state index in [0.29, 0.717) is 38.5 Å². The van der Waals surface area contributed by atoms with E-state index in [-0.39, 0.29) is 17.4 Å². The van der Waals surface area contributed by atoms with E-state index in [4.69, 9.17) is 16.1 Å². The van der Waals surface area contributed by atoms with E-state index in [1.165, 1.54) is 0 Å². The predicted molar refractivity (Wildman–Crippen MR) is 121 cm³/mol. The van der Waals surface area contributed by atoms with Gasteiger partial charge in [-0.05, 0) is 53.7 Å². The molecule has 0 atom stereocenters. The van der Waals surface area contributed by atoms with E-state index < -0.39 is 5.91 Å². The predicted octanol–water partition coefficient (Wildman–Crippen LogP) is 4.17. The Hall–Kier alpha value is -4.57. The van der Waals surface area contributed by atoms with Gasteiger partial charge in [-0.1, -0.05) is 35.0 Å². The quantitative estimate of drug-likeness (QED) is 0.358. The fraction of sp³-hybridized carbons (Fsp3) is 0. The molecule has 162 valence electrons. The smallest absolute Gasteiger partial charge is 0.278 e. The van der Waals surface area contributed by atoms with Gasteiger partial charge in [0.2, 0.25) is 5.82 Å². The lowest BCUT2D eigenvalue weighted by Crippen LogP contribution is -2.14. The Morgan fingerprint density at radius 1 is 0.939 bits per heavy atom. The minimum Gasteiger partial charge on any atom is -0.355 e. The molecule has 0 fully saturated rings. The van der Waals surface area contributed by atoms with Crippen molar-refractivity contribution < 1.29 is 14.1 Å². The first-order chi connectivity index (χ1) is 16.1. The minimum atomic E-state index is -0.521. The number of nitrogens with zero attached hydrogens (tertiary/aromatic N) is 4. The number of carbonyl (C=O) groups excluding carboxylic acids is 2. The average molecular weight is 460 g/mol. The van der Waals surface area contributed by atoms with Gasteiger partial charge in [0.15, 0.2) is 11.3 Å². The highest BCUT2D eigenvalue weighted by molar-refractivity contribution is 6.31. The van der Waals surface area contributed by atoms with Gasteiger partial charge in [0.05, 0.1) is 11.1 Å². The van der Waals surface area contributed by atoms with Crippen LogP contribution in [0.5, 0.6) is 0 Å². The first-order valence-electron chi connectivity index (χ1n) is 9.69. The number of benzene rings is 3. The average Bonchev–Trinajstić information content (AvgIpc) is 3.51. The number of fused-ring (bicyclic) bond motifs is 1. The lowest BCUT2D eigenvalue weighted by Gasteiger charge is -2.08. The number of rotatable bonds is 5. The van der Waals surface area contributed by atoms with Crippen LogP contribution >= 0.6 is 11.6 Å². The number of nitrogens with one attached hydrogen (secondary N) is 3. The molecule has 3 N–H and O–H groups in total. The molecule has 0 radical (unpaired) electrons. The molecule has 0 aliphatic carbocycles. The molecule has 0 bridgehead atoms. The molecule has 11 heteroatoms. The molecule has 33 heavy (non-hydrogen) atoms. The maximum absolute atomic E-state index is 13.0. The standard InChI is InChI=1S/C22H14ClN7O3/c23-13-6-8-17(15(10-13)20-26-29-30-27-20)25-22(32)19-16-11-14(7-9-18(16)33-28-19)24-21(31)12-4-2-1-3-5-12/h1-11H,(H,24,31)(H,25,32)(H,26,27,29,30). The Balaban J connectivity index is 1.43. The largest absolute Gasteiger partial charge is 0.355 e. The van der Waals surface area contributed by atoms with Crippen molar-refractivity contribution in [2.24, 2.45) is 0 Å². The molecule has 0 aliphatic heterocycles. The number of hydrogen-bond donors (Lipinski definition) is 3. The summed E-state index contributed by atoms with van der Waals surface area (Å²) in [4.78, 5) is 25.5. The number of amides is 2. The summed E-state index contributed by atoms with van der Waals surface area (Å²) in [5.41, 5.74) is 2.34. The lowest BCUT2D eigenvalue weighted by molar-refractivity contribution is 0.101. The van der Waals surface area contributed by atoms with Crippen LogP contribution in [0.25, 0.3) is 22.4 Å². The number of aromatic nitrogens is 5. The normalized spacial score (nSPS) is 10.8. The number of tetrazole rings is 1. The van der Waals surface area contributed by atoms with E-state index >= 15 is 0 Å². The van der Waals surface area contributed by atoms with Gasteiger partial charge < -0.3 is 15.2 Å². The molecular weight excluding hydrogens is 446 g/mol. The van der Waals surface area contributed by atoms with Crippen molar-refractivity contribution in [1.29, 1.82) is 0 Å². The number of hydrogen-bond acceptors (Lipinski definition) is 7. The Morgan fingerprint density at radius 2 is 1.79 bits per heavy atom. The lowest BCUT2D eigenvalue weighted by atomic mass is 10.1. The third-order valence-corrected chi connectivity index (χ3v) is 5.03. The van der Waals surface area contributed by atoms with Gasteiger partial charge in [0, 0.05) is 21.8 Å². The molecule has 0 unspecified atom stereocenters. The zero-order chi connectivity index (χ0) is 22.8. The van der Waals surface area contributed by atoms with Crippen LogP contribution < -0.4 is 10.6 Å². The molecule has 10 nitrogen and oxygen atoms in total. The monoisotopic (exact) mass is 459 g/mol. The van der Waals surface area contributed by atoms with Crippen LogP contribution in [0.2, 0.25) is 5.02 Å². The number of anilines is 2. The zero-order valence-corrected chi connectivity index (χ0v) is 17.5. The van der Waals surface area contributed by atoms with Crippen LogP contribution in [0.3, 0.4) is 0 Å². The van der Waals surface area contributed by atoms with Gasteiger partial charge in [-0.2, -0.15) is 5.21 Å². The molecule has 0 spiro atoms. The van der Waals surface area contributed by atoms with Crippen LogP contribution in [0.4, 0.5) is 11.4 Å². The molecule has 2 heterocycles. The molecule has 2 amide bonds. The van der Waals surface area contributed by atoms with E-state index in [0.717, 1.165) is 0 Å². The highest BCUT2D eigenvalue weighted by atomic mass is 35.5. The second-order valence-corrected chi connectivity index (χ2v) is 7.38. The van der Waals surface area contributed by atoms with Crippen molar-refractivity contribution in [2.45, 2.75) is 0 Å². The zero-order valence-electron chi connectivity index (χ0n) is 16.7. The van der Waals surface area contributed by atoms with Crippen molar-refractivity contribution in [3.8, 4) is 11.4 Å². The second-order valence-electron chi connectivity index (χ2n) is 6.94. The third kappa shape index (κ3) is 4.14. The van der Waals surface area contributed by atoms with Crippen LogP contribution in [-0.4, -0.2) is 37.6 Å². The van der Waals surface area contributed by atoms with Crippen LogP contribution in [0, 0.1) is 0 Å². The highest BCUT2D eigenvalue weighted by Crippen LogP contribution is 2.29. The summed E-state index contributed by atoms with van der Waals surface area (Å²) in [6.45, 7) is 0. The first kappa shape index (κ1) is 20.3. The molecule has 0 saturated carbocycles. The van der Waals surface area contributed by atoms with Crippen molar-refractivity contribution in [1.82, 2.24) is 25.8 Å². The van der Waals surface area contributed by atoms with Gasteiger partial charge in [0.1, 0.15) is 0 Å². The van der Waals surface area contributed by atoms with Gasteiger partial charge in [0.25, 0.3) is 11.8 Å². The van der Waals surface area contributed by atoms with Gasteiger partial charge in [-0.25, -0.2) is 0 Å². The molecular formula is C22H14ClN7O3. The van der Waals surface area contributed by atoms with E-state index in [1.807, 2.05) is 6.07 Å². The Kier molecular flexibility index (Phi) is 5.25. The number of aromatic amines is 1. The van der Waals surface area contributed by atoms with Crippen LogP contribution in [0.1, 0.15) is 20.8 Å². The van der Waals surface area contributed by atoms with Crippen LogP contribution in [0.15, 0.2) is 71.3 Å². The maximum Gasteiger partial charge on any atom is 0.278 e. The summed E-state index contributed by atoms with van der Waals surface area (Å²) in [7, 11) is 0. The van der Waals surface area contributed by atoms with Crippen molar-refractivity contribution in [2.75, 3.05) is 10.6 Å². The fourth-order valence-electron chi connectivity index (χ4n) is 3.24. The summed E-state index contributed by atoms with van der Waals surface area (Å²) < 4.78 is 5.29. The minimum absolute atomic E-state index is 0.0508. The third-order valence-electron chi connectivity index (χ3n) is 4.79. The highest BCUT2D eigenvalue weighted by Gasteiger charge is 2.20. The van der Waals surface area contributed by atoms with Gasteiger partial charge in [-0.15, -0.1) is 10.2 Å². The summed E-state index contributed by atoms with van der Waals surface area (Å²) in [6, 6.07) is 18.6. The number of halogens is 1. The summed E-state index contributed by atoms with van der Waals surface area (Å²) in [6.07, 6.45) is 0. The molecule has 3 aromatic carbocycles. The molecule has 2 aromatic heterocycles. The molecule has 5 rings (SSSR count). The Morgan fingerprint density at radius 3 is 2.58 bits per heavy atom. The van der Waals surface area contributed by atoms with Crippen molar-refractivity contribution in [3.63, 3.8) is 0 Å². The molecule has 0 aliphatic rings. The van der Waals surface area contributed by atoms with E-state index in [9.17, 15) is 9.59 Å². The topological polar surface area (TPSA) is 139 Å². The van der Waals surface area contributed by atoms with Crippen molar-refractivity contribution >= 4 is 45.8 Å².